The molecule has 2 aromatic rings. The van der Waals surface area contributed by atoms with E-state index in [9.17, 15) is 9.90 Å². The largest absolute Gasteiger partial charge is 0.493 e. The van der Waals surface area contributed by atoms with Crippen LogP contribution in [0.5, 0.6) is 11.5 Å². The van der Waals surface area contributed by atoms with Crippen molar-refractivity contribution in [2.24, 2.45) is 7.05 Å². The first-order chi connectivity index (χ1) is 10.5. The quantitative estimate of drug-likeness (QED) is 0.852. The lowest BCUT2D eigenvalue weighted by Gasteiger charge is -2.09. The molecule has 1 aromatic carbocycles. The third-order valence-electron chi connectivity index (χ3n) is 3.63. The van der Waals surface area contributed by atoms with Gasteiger partial charge in [-0.15, -0.1) is 0 Å². The topological polar surface area (TPSA) is 72.7 Å². The molecule has 1 amide bonds. The summed E-state index contributed by atoms with van der Waals surface area (Å²) in [5.41, 5.74) is 1.44. The van der Waals surface area contributed by atoms with Crippen molar-refractivity contribution in [2.75, 3.05) is 20.8 Å². The molecule has 0 aliphatic carbocycles. The van der Waals surface area contributed by atoms with Crippen molar-refractivity contribution >= 4 is 16.8 Å². The number of amides is 1. The molecule has 1 unspecified atom stereocenters. The van der Waals surface area contributed by atoms with Gasteiger partial charge in [0.2, 0.25) is 0 Å². The minimum atomic E-state index is -0.429. The molecule has 1 atom stereocenters. The summed E-state index contributed by atoms with van der Waals surface area (Å²) in [4.78, 5) is 12.2. The van der Waals surface area contributed by atoms with E-state index >= 15 is 0 Å². The minimum absolute atomic E-state index is 0.169. The molecule has 22 heavy (non-hydrogen) atoms. The van der Waals surface area contributed by atoms with Crippen LogP contribution >= 0.6 is 0 Å². The number of aliphatic hydroxyl groups excluding tert-OH is 1. The maximum atomic E-state index is 12.2. The summed E-state index contributed by atoms with van der Waals surface area (Å²) in [5.74, 6) is 1.08. The zero-order chi connectivity index (χ0) is 16.3. The van der Waals surface area contributed by atoms with Gasteiger partial charge >= 0.3 is 0 Å². The fourth-order valence-electron chi connectivity index (χ4n) is 2.37. The number of hydrogen-bond acceptors (Lipinski definition) is 4. The number of ether oxygens (including phenoxy) is 2. The number of aliphatic hydroxyl groups is 1. The van der Waals surface area contributed by atoms with Crippen molar-refractivity contribution in [1.29, 1.82) is 0 Å². The molecule has 120 valence electrons. The lowest BCUT2D eigenvalue weighted by atomic mass is 10.2. The molecule has 6 nitrogen and oxygen atoms in total. The second-order valence-corrected chi connectivity index (χ2v) is 5.25. The Morgan fingerprint density at radius 3 is 2.50 bits per heavy atom. The summed E-state index contributed by atoms with van der Waals surface area (Å²) in [5, 5.41) is 12.9. The SMILES string of the molecule is COc1cc2cc(C(=O)NCCC(C)O)n(C)c2cc1OC. The highest BCUT2D eigenvalue weighted by Crippen LogP contribution is 2.33. The molecule has 0 aliphatic heterocycles. The maximum absolute atomic E-state index is 12.2. The molecule has 0 saturated heterocycles. The molecule has 1 heterocycles. The molecule has 0 saturated carbocycles. The molecule has 2 rings (SSSR count). The van der Waals surface area contributed by atoms with Crippen LogP contribution in [0.15, 0.2) is 18.2 Å². The fourth-order valence-corrected chi connectivity index (χ4v) is 2.37. The monoisotopic (exact) mass is 306 g/mol. The van der Waals surface area contributed by atoms with E-state index in [1.54, 1.807) is 21.1 Å². The summed E-state index contributed by atoms with van der Waals surface area (Å²) in [7, 11) is 4.99. The Labute approximate surface area is 129 Å². The van der Waals surface area contributed by atoms with Gasteiger partial charge in [-0.3, -0.25) is 4.79 Å². The average molecular weight is 306 g/mol. The van der Waals surface area contributed by atoms with Gasteiger partial charge in [-0.25, -0.2) is 0 Å². The first kappa shape index (κ1) is 16.2. The van der Waals surface area contributed by atoms with E-state index in [0.29, 0.717) is 30.2 Å². The number of nitrogens with one attached hydrogen (secondary N) is 1. The van der Waals surface area contributed by atoms with Crippen molar-refractivity contribution < 1.29 is 19.4 Å². The summed E-state index contributed by atoms with van der Waals surface area (Å²) in [6, 6.07) is 5.51. The molecule has 0 bridgehead atoms. The number of hydrogen-bond donors (Lipinski definition) is 2. The summed E-state index contributed by atoms with van der Waals surface area (Å²) < 4.78 is 12.4. The number of carbonyl (C=O) groups is 1. The molecular weight excluding hydrogens is 284 g/mol. The predicted octanol–water partition coefficient (Wildman–Crippen LogP) is 1.70. The van der Waals surface area contributed by atoms with Gasteiger partial charge in [0.1, 0.15) is 5.69 Å². The minimum Gasteiger partial charge on any atom is -0.493 e. The zero-order valence-electron chi connectivity index (χ0n) is 13.3. The lowest BCUT2D eigenvalue weighted by Crippen LogP contribution is -2.28. The Kier molecular flexibility index (Phi) is 4.92. The fraction of sp³-hybridized carbons (Fsp3) is 0.438. The molecule has 0 spiro atoms. The van der Waals surface area contributed by atoms with E-state index in [1.165, 1.54) is 0 Å². The Morgan fingerprint density at radius 1 is 1.27 bits per heavy atom. The van der Waals surface area contributed by atoms with E-state index < -0.39 is 6.10 Å². The number of carbonyl (C=O) groups excluding carboxylic acids is 1. The summed E-state index contributed by atoms with van der Waals surface area (Å²) in [6.45, 7) is 2.13. The number of aryl methyl sites for hydroxylation is 1. The Morgan fingerprint density at radius 2 is 1.91 bits per heavy atom. The van der Waals surface area contributed by atoms with Gasteiger partial charge in [0, 0.05) is 25.0 Å². The van der Waals surface area contributed by atoms with Crippen molar-refractivity contribution in [1.82, 2.24) is 9.88 Å². The number of rotatable bonds is 6. The number of benzene rings is 1. The third kappa shape index (κ3) is 3.17. The molecule has 2 N–H and O–H groups in total. The van der Waals surface area contributed by atoms with Crippen molar-refractivity contribution in [3.63, 3.8) is 0 Å². The zero-order valence-corrected chi connectivity index (χ0v) is 13.3. The molecule has 0 aliphatic rings. The first-order valence-electron chi connectivity index (χ1n) is 7.15. The summed E-state index contributed by atoms with van der Waals surface area (Å²) in [6.07, 6.45) is 0.0958. The highest BCUT2D eigenvalue weighted by atomic mass is 16.5. The van der Waals surface area contributed by atoms with Crippen molar-refractivity contribution in [2.45, 2.75) is 19.4 Å². The van der Waals surface area contributed by atoms with Gasteiger partial charge < -0.3 is 24.5 Å². The number of methoxy groups -OCH3 is 2. The number of fused-ring (bicyclic) bond motifs is 1. The first-order valence-corrected chi connectivity index (χ1v) is 7.15. The Balaban J connectivity index is 2.31. The van der Waals surface area contributed by atoms with Crippen LogP contribution in [0, 0.1) is 0 Å². The van der Waals surface area contributed by atoms with E-state index in [0.717, 1.165) is 10.9 Å². The van der Waals surface area contributed by atoms with Crippen LogP contribution in [-0.4, -0.2) is 42.4 Å². The second kappa shape index (κ2) is 6.70. The van der Waals surface area contributed by atoms with Crippen LogP contribution in [0.2, 0.25) is 0 Å². The molecule has 6 heteroatoms. The van der Waals surface area contributed by atoms with Gasteiger partial charge in [0.25, 0.3) is 5.91 Å². The van der Waals surface area contributed by atoms with Gasteiger partial charge in [-0.1, -0.05) is 0 Å². The number of aromatic nitrogens is 1. The van der Waals surface area contributed by atoms with Crippen molar-refractivity contribution in [3.8, 4) is 11.5 Å². The van der Waals surface area contributed by atoms with Crippen LogP contribution < -0.4 is 14.8 Å². The average Bonchev–Trinajstić information content (AvgIpc) is 2.81. The second-order valence-electron chi connectivity index (χ2n) is 5.25. The highest BCUT2D eigenvalue weighted by molar-refractivity contribution is 5.99. The Bertz CT molecular complexity index is 676. The standard InChI is InChI=1S/C16H22N2O4/c1-10(19)5-6-17-16(20)13-7-11-8-14(21-3)15(22-4)9-12(11)18(13)2/h7-10,19H,5-6H2,1-4H3,(H,17,20). The van der Waals surface area contributed by atoms with Crippen molar-refractivity contribution in [3.05, 3.63) is 23.9 Å². The van der Waals surface area contributed by atoms with E-state index in [4.69, 9.17) is 9.47 Å². The van der Waals surface area contributed by atoms with E-state index in [1.807, 2.05) is 29.8 Å². The van der Waals surface area contributed by atoms with Crippen LogP contribution in [0.4, 0.5) is 0 Å². The van der Waals surface area contributed by atoms with E-state index in [2.05, 4.69) is 5.32 Å². The predicted molar refractivity (Wildman–Crippen MR) is 84.7 cm³/mol. The normalized spacial score (nSPS) is 12.2. The smallest absolute Gasteiger partial charge is 0.267 e. The molecule has 1 aromatic heterocycles. The molecule has 0 radical (unpaired) electrons. The van der Waals surface area contributed by atoms with Crippen LogP contribution in [0.25, 0.3) is 10.9 Å². The number of nitrogens with zero attached hydrogens (tertiary/aromatic N) is 1. The summed E-state index contributed by atoms with van der Waals surface area (Å²) >= 11 is 0. The Hall–Kier alpha value is -2.21. The van der Waals surface area contributed by atoms with Crippen LogP contribution in [0.3, 0.4) is 0 Å². The van der Waals surface area contributed by atoms with E-state index in [-0.39, 0.29) is 5.91 Å². The highest BCUT2D eigenvalue weighted by Gasteiger charge is 2.16. The third-order valence-corrected chi connectivity index (χ3v) is 3.63. The van der Waals surface area contributed by atoms with Gasteiger partial charge in [-0.05, 0) is 25.5 Å². The maximum Gasteiger partial charge on any atom is 0.267 e. The van der Waals surface area contributed by atoms with Crippen LogP contribution in [-0.2, 0) is 7.05 Å². The van der Waals surface area contributed by atoms with Gasteiger partial charge in [-0.2, -0.15) is 0 Å². The van der Waals surface area contributed by atoms with Crippen LogP contribution in [0.1, 0.15) is 23.8 Å². The van der Waals surface area contributed by atoms with Gasteiger partial charge in [0.15, 0.2) is 11.5 Å². The lowest BCUT2D eigenvalue weighted by molar-refractivity contribution is 0.0938. The molecule has 0 fully saturated rings. The molecular formula is C16H22N2O4. The van der Waals surface area contributed by atoms with Gasteiger partial charge in [0.05, 0.1) is 25.8 Å².